The van der Waals surface area contributed by atoms with Crippen LogP contribution in [0.25, 0.3) is 87.4 Å². The van der Waals surface area contributed by atoms with Gasteiger partial charge in [0.15, 0.2) is 17.5 Å². The molecule has 0 amide bonds. The second-order valence-electron chi connectivity index (χ2n) is 10.8. The van der Waals surface area contributed by atoms with Crippen LogP contribution in [-0.4, -0.2) is 15.0 Å². The van der Waals surface area contributed by atoms with Crippen molar-refractivity contribution in [1.82, 2.24) is 15.0 Å². The summed E-state index contributed by atoms with van der Waals surface area (Å²) >= 11 is 1.69. The Hall–Kier alpha value is -5.65. The maximum absolute atomic E-state index is 6.38. The first kappa shape index (κ1) is 24.9. The Bertz CT molecular complexity index is 2470. The molecule has 0 unspecified atom stereocenters. The molecule has 0 aliphatic carbocycles. The van der Waals surface area contributed by atoms with E-state index in [0.29, 0.717) is 17.5 Å². The molecular formula is C39H23N3OS. The van der Waals surface area contributed by atoms with Crippen LogP contribution in [0.1, 0.15) is 0 Å². The molecule has 0 spiro atoms. The van der Waals surface area contributed by atoms with Crippen LogP contribution in [0.5, 0.6) is 0 Å². The Morgan fingerprint density at radius 1 is 0.455 bits per heavy atom. The van der Waals surface area contributed by atoms with E-state index in [1.807, 2.05) is 30.3 Å². The number of para-hydroxylation sites is 2. The second-order valence-corrected chi connectivity index (χ2v) is 11.9. The van der Waals surface area contributed by atoms with Gasteiger partial charge in [-0.25, -0.2) is 15.0 Å². The normalized spacial score (nSPS) is 11.6. The standard InChI is InChI=1S/C39H23N3OS/c1-3-12-28-24(9-1)11-7-14-29(28)25-19-21-26(22-20-25)37-40-38(42-39(41-37)35-23-27-10-2-6-18-34(27)44-35)32-16-8-15-31-30-13-4-5-17-33(30)43-36(31)32/h1-23H. The van der Waals surface area contributed by atoms with Crippen LogP contribution < -0.4 is 0 Å². The Labute approximate surface area is 256 Å². The zero-order valence-corrected chi connectivity index (χ0v) is 24.3. The molecule has 9 aromatic rings. The van der Waals surface area contributed by atoms with Crippen LogP contribution >= 0.6 is 11.3 Å². The lowest BCUT2D eigenvalue weighted by atomic mass is 9.97. The molecule has 0 atom stereocenters. The predicted octanol–water partition coefficient (Wildman–Crippen LogP) is 10.8. The maximum atomic E-state index is 6.38. The lowest BCUT2D eigenvalue weighted by Crippen LogP contribution is -1.99. The van der Waals surface area contributed by atoms with Crippen LogP contribution in [0.2, 0.25) is 0 Å². The highest BCUT2D eigenvalue weighted by Gasteiger charge is 2.18. The number of rotatable bonds is 4. The van der Waals surface area contributed by atoms with Gasteiger partial charge in [0.2, 0.25) is 0 Å². The summed E-state index contributed by atoms with van der Waals surface area (Å²) in [5, 5.41) is 5.75. The molecule has 44 heavy (non-hydrogen) atoms. The number of nitrogens with zero attached hydrogens (tertiary/aromatic N) is 3. The van der Waals surface area contributed by atoms with Crippen molar-refractivity contribution in [2.75, 3.05) is 0 Å². The van der Waals surface area contributed by atoms with Crippen molar-refractivity contribution < 1.29 is 4.42 Å². The highest BCUT2D eigenvalue weighted by atomic mass is 32.1. The Kier molecular flexibility index (Phi) is 5.64. The third-order valence-electron chi connectivity index (χ3n) is 8.17. The first-order valence-electron chi connectivity index (χ1n) is 14.5. The van der Waals surface area contributed by atoms with Gasteiger partial charge in [0, 0.05) is 21.0 Å². The van der Waals surface area contributed by atoms with Crippen LogP contribution in [-0.2, 0) is 0 Å². The summed E-state index contributed by atoms with van der Waals surface area (Å²) in [5.74, 6) is 1.86. The number of benzene rings is 6. The van der Waals surface area contributed by atoms with E-state index in [1.54, 1.807) is 11.3 Å². The highest BCUT2D eigenvalue weighted by Crippen LogP contribution is 2.38. The molecule has 0 bridgehead atoms. The number of aromatic nitrogens is 3. The first-order valence-corrected chi connectivity index (χ1v) is 15.3. The van der Waals surface area contributed by atoms with Crippen molar-refractivity contribution in [2.24, 2.45) is 0 Å². The Morgan fingerprint density at radius 2 is 1.09 bits per heavy atom. The van der Waals surface area contributed by atoms with Crippen molar-refractivity contribution in [3.63, 3.8) is 0 Å². The van der Waals surface area contributed by atoms with E-state index in [4.69, 9.17) is 19.4 Å². The molecule has 0 saturated heterocycles. The largest absolute Gasteiger partial charge is 0.455 e. The molecule has 3 aromatic heterocycles. The van der Waals surface area contributed by atoms with Crippen molar-refractivity contribution >= 4 is 54.1 Å². The molecule has 0 aliphatic rings. The summed E-state index contributed by atoms with van der Waals surface area (Å²) < 4.78 is 7.58. The van der Waals surface area contributed by atoms with Crippen molar-refractivity contribution in [1.29, 1.82) is 0 Å². The smallest absolute Gasteiger partial charge is 0.174 e. The molecule has 0 aliphatic heterocycles. The minimum atomic E-state index is 0.588. The second kappa shape index (κ2) is 9.97. The molecule has 3 heterocycles. The molecule has 0 saturated carbocycles. The minimum Gasteiger partial charge on any atom is -0.455 e. The van der Waals surface area contributed by atoms with E-state index < -0.39 is 0 Å². The summed E-state index contributed by atoms with van der Waals surface area (Å²) in [6.07, 6.45) is 0. The summed E-state index contributed by atoms with van der Waals surface area (Å²) in [6, 6.07) is 48.2. The third-order valence-corrected chi connectivity index (χ3v) is 9.28. The Morgan fingerprint density at radius 3 is 1.98 bits per heavy atom. The van der Waals surface area contributed by atoms with Gasteiger partial charge in [0.1, 0.15) is 11.2 Å². The number of furan rings is 1. The topological polar surface area (TPSA) is 51.8 Å². The number of hydrogen-bond acceptors (Lipinski definition) is 5. The van der Waals surface area contributed by atoms with Gasteiger partial charge in [-0.2, -0.15) is 0 Å². The summed E-state index contributed by atoms with van der Waals surface area (Å²) in [5.41, 5.74) is 5.75. The fraction of sp³-hybridized carbons (Fsp3) is 0. The molecule has 0 radical (unpaired) electrons. The summed E-state index contributed by atoms with van der Waals surface area (Å²) in [4.78, 5) is 16.1. The van der Waals surface area contributed by atoms with E-state index >= 15 is 0 Å². The van der Waals surface area contributed by atoms with Crippen LogP contribution in [0, 0.1) is 0 Å². The number of thiophene rings is 1. The minimum absolute atomic E-state index is 0.588. The zero-order chi connectivity index (χ0) is 29.0. The van der Waals surface area contributed by atoms with Gasteiger partial charge < -0.3 is 4.42 Å². The van der Waals surface area contributed by atoms with E-state index in [9.17, 15) is 0 Å². The number of hydrogen-bond donors (Lipinski definition) is 0. The Balaban J connectivity index is 1.22. The van der Waals surface area contributed by atoms with E-state index in [2.05, 4.69) is 109 Å². The van der Waals surface area contributed by atoms with Crippen LogP contribution in [0.3, 0.4) is 0 Å². The maximum Gasteiger partial charge on any atom is 0.174 e. The predicted molar refractivity (Wildman–Crippen MR) is 182 cm³/mol. The van der Waals surface area contributed by atoms with Gasteiger partial charge in [-0.15, -0.1) is 11.3 Å². The van der Waals surface area contributed by atoms with Gasteiger partial charge in [-0.3, -0.25) is 0 Å². The fourth-order valence-electron chi connectivity index (χ4n) is 6.03. The monoisotopic (exact) mass is 581 g/mol. The van der Waals surface area contributed by atoms with E-state index in [-0.39, 0.29) is 0 Å². The van der Waals surface area contributed by atoms with E-state index in [1.165, 1.54) is 26.4 Å². The summed E-state index contributed by atoms with van der Waals surface area (Å²) in [6.45, 7) is 0. The fourth-order valence-corrected chi connectivity index (χ4v) is 7.02. The van der Waals surface area contributed by atoms with Gasteiger partial charge in [-0.1, -0.05) is 115 Å². The number of fused-ring (bicyclic) bond motifs is 5. The molecular weight excluding hydrogens is 559 g/mol. The SMILES string of the molecule is c1ccc2sc(-c3nc(-c4ccc(-c5cccc6ccccc56)cc4)nc(-c4cccc5c4oc4ccccc45)n3)cc2c1. The quantitative estimate of drug-likeness (QED) is 0.207. The molecule has 6 aromatic carbocycles. The molecule has 0 fully saturated rings. The van der Waals surface area contributed by atoms with Gasteiger partial charge in [0.05, 0.1) is 10.4 Å². The molecule has 0 N–H and O–H groups in total. The van der Waals surface area contributed by atoms with E-state index in [0.717, 1.165) is 43.5 Å². The van der Waals surface area contributed by atoms with Crippen molar-refractivity contribution in [2.45, 2.75) is 0 Å². The lowest BCUT2D eigenvalue weighted by molar-refractivity contribution is 0.669. The zero-order valence-electron chi connectivity index (χ0n) is 23.4. The first-order chi connectivity index (χ1) is 21.8. The van der Waals surface area contributed by atoms with Crippen LogP contribution in [0.4, 0.5) is 0 Å². The summed E-state index contributed by atoms with van der Waals surface area (Å²) in [7, 11) is 0. The highest BCUT2D eigenvalue weighted by molar-refractivity contribution is 7.22. The van der Waals surface area contributed by atoms with Gasteiger partial charge >= 0.3 is 0 Å². The van der Waals surface area contributed by atoms with Crippen molar-refractivity contribution in [3.8, 4) is 44.6 Å². The van der Waals surface area contributed by atoms with Crippen molar-refractivity contribution in [3.05, 3.63) is 140 Å². The molecule has 206 valence electrons. The molecule has 9 rings (SSSR count). The van der Waals surface area contributed by atoms with Gasteiger partial charge in [-0.05, 0) is 51.6 Å². The lowest BCUT2D eigenvalue weighted by Gasteiger charge is -2.10. The van der Waals surface area contributed by atoms with Crippen LogP contribution in [0.15, 0.2) is 144 Å². The molecule has 5 heteroatoms. The molecule has 4 nitrogen and oxygen atoms in total. The third kappa shape index (κ3) is 4.09. The van der Waals surface area contributed by atoms with Gasteiger partial charge in [0.25, 0.3) is 0 Å². The average molecular weight is 582 g/mol. The average Bonchev–Trinajstić information content (AvgIpc) is 3.70.